The Labute approximate surface area is 163 Å². The minimum Gasteiger partial charge on any atom is -0.416 e. The van der Waals surface area contributed by atoms with Crippen molar-refractivity contribution >= 4 is 23.3 Å². The van der Waals surface area contributed by atoms with Crippen molar-refractivity contribution in [2.24, 2.45) is 0 Å². The number of carbonyl (C=O) groups excluding carboxylic acids is 2. The largest absolute Gasteiger partial charge is 0.416 e. The van der Waals surface area contributed by atoms with Gasteiger partial charge >= 0.3 is 0 Å². The molecule has 2 aromatic rings. The molecule has 0 unspecified atom stereocenters. The number of Topliss-reactive ketones (excluding diaryl/α,β-unsaturated/α-hetero) is 1. The number of benzene rings is 1. The first-order valence-electron chi connectivity index (χ1n) is 9.59. The van der Waals surface area contributed by atoms with Crippen LogP contribution in [0.2, 0.25) is 0 Å². The number of unbranched alkanes of at least 4 members (excludes halogenated alkanes) is 6. The fourth-order valence-corrected chi connectivity index (χ4v) is 3.85. The number of hydrogen-bond acceptors (Lipinski definition) is 6. The molecule has 0 amide bonds. The summed E-state index contributed by atoms with van der Waals surface area (Å²) in [5, 5.41) is 8.37. The molecule has 1 aliphatic carbocycles. The van der Waals surface area contributed by atoms with Crippen molar-refractivity contribution < 1.29 is 14.0 Å². The number of allylic oxidation sites excluding steroid dienone is 2. The van der Waals surface area contributed by atoms with Crippen molar-refractivity contribution in [3.63, 3.8) is 0 Å². The second-order valence-corrected chi connectivity index (χ2v) is 7.68. The third-order valence-electron chi connectivity index (χ3n) is 4.56. The fraction of sp³-hybridized carbons (Fsp3) is 0.429. The summed E-state index contributed by atoms with van der Waals surface area (Å²) in [6, 6.07) is 6.85. The number of hydrogen-bond donors (Lipinski definition) is 0. The van der Waals surface area contributed by atoms with Gasteiger partial charge in [0, 0.05) is 23.6 Å². The Morgan fingerprint density at radius 1 is 0.926 bits per heavy atom. The summed E-state index contributed by atoms with van der Waals surface area (Å²) >= 11 is 1.06. The van der Waals surface area contributed by atoms with E-state index in [1.165, 1.54) is 38.2 Å². The van der Waals surface area contributed by atoms with Crippen LogP contribution in [0.3, 0.4) is 0 Å². The zero-order chi connectivity index (χ0) is 19.1. The normalized spacial score (nSPS) is 13.6. The molecule has 1 aromatic heterocycles. The van der Waals surface area contributed by atoms with Gasteiger partial charge in [0.2, 0.25) is 11.7 Å². The van der Waals surface area contributed by atoms with Gasteiger partial charge in [-0.15, -0.1) is 10.2 Å². The predicted octanol–water partition coefficient (Wildman–Crippen LogP) is 5.42. The number of fused-ring (bicyclic) bond motifs is 1. The van der Waals surface area contributed by atoms with Gasteiger partial charge in [-0.3, -0.25) is 9.59 Å². The molecule has 142 valence electrons. The first kappa shape index (κ1) is 19.5. The highest BCUT2D eigenvalue weighted by atomic mass is 32.2. The van der Waals surface area contributed by atoms with Crippen LogP contribution in [0.1, 0.15) is 78.5 Å². The minimum atomic E-state index is -0.179. The zero-order valence-corrected chi connectivity index (χ0v) is 16.4. The fourth-order valence-electron chi connectivity index (χ4n) is 3.07. The average molecular weight is 385 g/mol. The number of nitrogens with zero attached hydrogens (tertiary/aromatic N) is 2. The minimum absolute atomic E-state index is 0.171. The molecule has 0 N–H and O–H groups in total. The molecule has 3 rings (SSSR count). The van der Waals surface area contributed by atoms with Crippen molar-refractivity contribution in [1.82, 2.24) is 10.2 Å². The number of thioether (sulfide) groups is 1. The van der Waals surface area contributed by atoms with Crippen LogP contribution in [0.4, 0.5) is 0 Å². The lowest BCUT2D eigenvalue weighted by Gasteiger charge is -2.12. The molecule has 0 fully saturated rings. The van der Waals surface area contributed by atoms with Gasteiger partial charge in [0.1, 0.15) is 0 Å². The SMILES string of the molecule is CCCCCCCCCc1nnc(SC2=CC(=O)c3ccccc3C2=O)o1. The van der Waals surface area contributed by atoms with Gasteiger partial charge in [-0.05, 0) is 18.2 Å². The highest BCUT2D eigenvalue weighted by Gasteiger charge is 2.27. The summed E-state index contributed by atoms with van der Waals surface area (Å²) in [5.74, 6) is 0.235. The van der Waals surface area contributed by atoms with Crippen LogP contribution in [0, 0.1) is 0 Å². The quantitative estimate of drug-likeness (QED) is 0.509. The summed E-state index contributed by atoms with van der Waals surface area (Å²) < 4.78 is 5.64. The van der Waals surface area contributed by atoms with Crippen LogP contribution >= 0.6 is 11.8 Å². The van der Waals surface area contributed by atoms with Gasteiger partial charge in [-0.2, -0.15) is 0 Å². The second-order valence-electron chi connectivity index (χ2n) is 6.68. The van der Waals surface area contributed by atoms with E-state index in [1.54, 1.807) is 24.3 Å². The molecule has 0 saturated heterocycles. The zero-order valence-electron chi connectivity index (χ0n) is 15.6. The second kappa shape index (κ2) is 9.65. The number of aromatic nitrogens is 2. The highest BCUT2D eigenvalue weighted by Crippen LogP contribution is 2.32. The number of ketones is 2. The van der Waals surface area contributed by atoms with E-state index in [1.807, 2.05) is 0 Å². The molecule has 27 heavy (non-hydrogen) atoms. The van der Waals surface area contributed by atoms with Crippen LogP contribution in [0.5, 0.6) is 0 Å². The highest BCUT2D eigenvalue weighted by molar-refractivity contribution is 8.03. The Hall–Kier alpha value is -2.21. The number of rotatable bonds is 10. The van der Waals surface area contributed by atoms with Gasteiger partial charge in [-0.25, -0.2) is 0 Å². The molecule has 0 radical (unpaired) electrons. The van der Waals surface area contributed by atoms with Gasteiger partial charge in [0.05, 0.1) is 4.91 Å². The molecule has 0 saturated carbocycles. The molecule has 0 atom stereocenters. The van der Waals surface area contributed by atoms with Gasteiger partial charge in [-0.1, -0.05) is 69.7 Å². The molecular formula is C21H24N2O3S. The molecular weight excluding hydrogens is 360 g/mol. The molecule has 1 aromatic carbocycles. The van der Waals surface area contributed by atoms with Crippen molar-refractivity contribution in [3.8, 4) is 0 Å². The monoisotopic (exact) mass is 384 g/mol. The summed E-state index contributed by atoms with van der Waals surface area (Å²) in [4.78, 5) is 25.1. The molecule has 1 heterocycles. The van der Waals surface area contributed by atoms with Gasteiger partial charge in [0.25, 0.3) is 5.22 Å². The first-order valence-corrected chi connectivity index (χ1v) is 10.4. The van der Waals surface area contributed by atoms with Crippen LogP contribution < -0.4 is 0 Å². The van der Waals surface area contributed by atoms with Crippen LogP contribution in [-0.2, 0) is 6.42 Å². The molecule has 0 spiro atoms. The van der Waals surface area contributed by atoms with Crippen molar-refractivity contribution in [3.05, 3.63) is 52.3 Å². The number of carbonyl (C=O) groups is 2. The predicted molar refractivity (Wildman–Crippen MR) is 105 cm³/mol. The van der Waals surface area contributed by atoms with E-state index in [-0.39, 0.29) is 11.6 Å². The van der Waals surface area contributed by atoms with Crippen LogP contribution in [0.15, 0.2) is 44.9 Å². The summed E-state index contributed by atoms with van der Waals surface area (Å²) in [5.41, 5.74) is 0.868. The lowest BCUT2D eigenvalue weighted by atomic mass is 9.95. The summed E-state index contributed by atoms with van der Waals surface area (Å²) in [7, 11) is 0. The van der Waals surface area contributed by atoms with E-state index in [2.05, 4.69) is 17.1 Å². The maximum Gasteiger partial charge on any atom is 0.281 e. The molecule has 5 nitrogen and oxygen atoms in total. The molecule has 6 heteroatoms. The van der Waals surface area contributed by atoms with E-state index in [9.17, 15) is 9.59 Å². The Morgan fingerprint density at radius 3 is 2.41 bits per heavy atom. The van der Waals surface area contributed by atoms with Crippen LogP contribution in [-0.4, -0.2) is 21.8 Å². The Morgan fingerprint density at radius 2 is 1.63 bits per heavy atom. The maximum atomic E-state index is 12.6. The lowest BCUT2D eigenvalue weighted by molar-refractivity contribution is 0.0991. The standard InChI is InChI=1S/C21H24N2O3S/c1-2-3-4-5-6-7-8-13-19-22-23-21(26-19)27-18-14-17(24)15-11-9-10-12-16(15)20(18)25/h9-12,14H,2-8,13H2,1H3. The third kappa shape index (κ3) is 5.16. The van der Waals surface area contributed by atoms with Gasteiger partial charge < -0.3 is 4.42 Å². The first-order chi connectivity index (χ1) is 13.2. The Balaban J connectivity index is 1.51. The molecule has 0 aliphatic heterocycles. The molecule has 0 bridgehead atoms. The Bertz CT molecular complexity index is 841. The number of aryl methyl sites for hydroxylation is 1. The average Bonchev–Trinajstić information content (AvgIpc) is 3.12. The van der Waals surface area contributed by atoms with Crippen molar-refractivity contribution in [2.75, 3.05) is 0 Å². The Kier molecular flexibility index (Phi) is 6.98. The maximum absolute atomic E-state index is 12.6. The topological polar surface area (TPSA) is 73.1 Å². The van der Waals surface area contributed by atoms with E-state index < -0.39 is 0 Å². The van der Waals surface area contributed by atoms with E-state index in [0.717, 1.165) is 31.0 Å². The van der Waals surface area contributed by atoms with E-state index in [4.69, 9.17) is 4.42 Å². The molecule has 1 aliphatic rings. The lowest BCUT2D eigenvalue weighted by Crippen LogP contribution is -2.15. The van der Waals surface area contributed by atoms with Crippen LogP contribution in [0.25, 0.3) is 0 Å². The van der Waals surface area contributed by atoms with E-state index in [0.29, 0.717) is 27.1 Å². The summed E-state index contributed by atoms with van der Waals surface area (Å²) in [6.07, 6.45) is 10.7. The summed E-state index contributed by atoms with van der Waals surface area (Å²) in [6.45, 7) is 2.22. The van der Waals surface area contributed by atoms with Crippen molar-refractivity contribution in [1.29, 1.82) is 0 Å². The van der Waals surface area contributed by atoms with Gasteiger partial charge in [0.15, 0.2) is 5.78 Å². The smallest absolute Gasteiger partial charge is 0.281 e. The van der Waals surface area contributed by atoms with Crippen molar-refractivity contribution in [2.45, 2.75) is 63.5 Å². The third-order valence-corrected chi connectivity index (χ3v) is 5.43. The van der Waals surface area contributed by atoms with E-state index >= 15 is 0 Å².